The quantitative estimate of drug-likeness (QED) is 0.178. The SMILES string of the molecule is c1ccc2c(c1)Oc1ccccc1C21c2ccccc2-c2c(-c3cccc4c3oc3ccc(-c5nc(-c6cccc7c6oc6ccccc67)nc6ccccc56)cc34)cccc21. The third kappa shape index (κ3) is 4.41. The second kappa shape index (κ2) is 12.4. The molecule has 0 amide bonds. The Morgan fingerprint density at radius 2 is 0.935 bits per heavy atom. The monoisotopic (exact) mass is 792 g/mol. The van der Waals surface area contributed by atoms with Crippen LogP contribution in [0.4, 0.5) is 0 Å². The van der Waals surface area contributed by atoms with Crippen molar-refractivity contribution in [2.45, 2.75) is 5.41 Å². The van der Waals surface area contributed by atoms with Gasteiger partial charge in [0.15, 0.2) is 5.82 Å². The summed E-state index contributed by atoms with van der Waals surface area (Å²) in [6.07, 6.45) is 0. The summed E-state index contributed by atoms with van der Waals surface area (Å²) >= 11 is 0. The molecule has 5 heteroatoms. The first-order chi connectivity index (χ1) is 30.7. The van der Waals surface area contributed by atoms with Gasteiger partial charge in [0.1, 0.15) is 33.8 Å². The van der Waals surface area contributed by atoms with Gasteiger partial charge in [-0.25, -0.2) is 9.97 Å². The Balaban J connectivity index is 0.970. The van der Waals surface area contributed by atoms with Gasteiger partial charge in [0.25, 0.3) is 0 Å². The van der Waals surface area contributed by atoms with E-state index >= 15 is 0 Å². The molecule has 0 unspecified atom stereocenters. The lowest BCUT2D eigenvalue weighted by Gasteiger charge is -2.39. The Bertz CT molecular complexity index is 3830. The number of para-hydroxylation sites is 6. The molecular weight excluding hydrogens is 761 g/mol. The maximum atomic E-state index is 6.92. The van der Waals surface area contributed by atoms with E-state index in [0.717, 1.165) is 105 Å². The Hall–Kier alpha value is -8.28. The van der Waals surface area contributed by atoms with Gasteiger partial charge in [-0.3, -0.25) is 0 Å². The van der Waals surface area contributed by atoms with Crippen molar-refractivity contribution in [1.82, 2.24) is 9.97 Å². The van der Waals surface area contributed by atoms with E-state index < -0.39 is 5.41 Å². The number of nitrogens with zero attached hydrogens (tertiary/aromatic N) is 2. The zero-order chi connectivity index (χ0) is 40.5. The molecule has 1 aliphatic carbocycles. The lowest BCUT2D eigenvalue weighted by molar-refractivity contribution is 0.436. The molecule has 9 aromatic carbocycles. The summed E-state index contributed by atoms with van der Waals surface area (Å²) in [7, 11) is 0. The second-order valence-electron chi connectivity index (χ2n) is 16.3. The van der Waals surface area contributed by atoms with Crippen molar-refractivity contribution in [2.75, 3.05) is 0 Å². The highest BCUT2D eigenvalue weighted by atomic mass is 16.5. The first-order valence-corrected chi connectivity index (χ1v) is 21.0. The molecule has 1 spiro atoms. The summed E-state index contributed by atoms with van der Waals surface area (Å²) in [6, 6.07) is 68.1. The fourth-order valence-corrected chi connectivity index (χ4v) is 10.6. The van der Waals surface area contributed by atoms with E-state index in [0.29, 0.717) is 5.82 Å². The summed E-state index contributed by atoms with van der Waals surface area (Å²) in [5.41, 5.74) is 15.7. The molecular formula is C57H32N2O3. The highest BCUT2D eigenvalue weighted by Crippen LogP contribution is 2.63. The van der Waals surface area contributed by atoms with Crippen LogP contribution in [0.3, 0.4) is 0 Å². The first kappa shape index (κ1) is 33.5. The van der Waals surface area contributed by atoms with Crippen LogP contribution in [0.15, 0.2) is 203 Å². The van der Waals surface area contributed by atoms with Crippen molar-refractivity contribution in [1.29, 1.82) is 0 Å². The molecule has 62 heavy (non-hydrogen) atoms. The van der Waals surface area contributed by atoms with E-state index in [2.05, 4.69) is 158 Å². The number of hydrogen-bond acceptors (Lipinski definition) is 5. The number of benzene rings is 9. The summed E-state index contributed by atoms with van der Waals surface area (Å²) in [5.74, 6) is 2.38. The summed E-state index contributed by atoms with van der Waals surface area (Å²) in [6.45, 7) is 0. The standard InChI is InChI=1S/C57H32N2O3/c1-4-22-43-39(15-1)52-35(17-13-25-46(52)57(43)44-23-5-9-28-50(44)60-51-29-10-6-24-45(51)57)37-19-11-20-38-42-32-33(30-31-49(42)62-54(37)38)53-40-16-2-7-26-47(40)58-56(59-53)41-21-12-18-36-34-14-3-8-27-48(34)61-55(36)41/h1-32H. The molecule has 288 valence electrons. The van der Waals surface area contributed by atoms with Crippen LogP contribution in [-0.4, -0.2) is 9.97 Å². The Morgan fingerprint density at radius 1 is 0.371 bits per heavy atom. The topological polar surface area (TPSA) is 61.3 Å². The smallest absolute Gasteiger partial charge is 0.164 e. The predicted octanol–water partition coefficient (Wildman–Crippen LogP) is 14.9. The van der Waals surface area contributed by atoms with Crippen molar-refractivity contribution >= 4 is 54.8 Å². The van der Waals surface area contributed by atoms with E-state index in [1.165, 1.54) is 22.3 Å². The van der Waals surface area contributed by atoms with Crippen LogP contribution in [0, 0.1) is 0 Å². The second-order valence-corrected chi connectivity index (χ2v) is 16.3. The van der Waals surface area contributed by atoms with Crippen molar-refractivity contribution in [3.8, 4) is 56.4 Å². The van der Waals surface area contributed by atoms with Gasteiger partial charge >= 0.3 is 0 Å². The Kier molecular flexibility index (Phi) is 6.70. The van der Waals surface area contributed by atoms with Gasteiger partial charge in [-0.2, -0.15) is 0 Å². The van der Waals surface area contributed by atoms with Crippen molar-refractivity contribution < 1.29 is 13.6 Å². The molecule has 12 aromatic rings. The van der Waals surface area contributed by atoms with E-state index in [-0.39, 0.29) is 0 Å². The molecule has 5 nitrogen and oxygen atoms in total. The molecule has 0 N–H and O–H groups in total. The van der Waals surface area contributed by atoms with Crippen LogP contribution in [0.25, 0.3) is 99.7 Å². The number of hydrogen-bond donors (Lipinski definition) is 0. The minimum absolute atomic E-state index is 0.556. The van der Waals surface area contributed by atoms with Crippen LogP contribution in [-0.2, 0) is 5.41 Å². The summed E-state index contributed by atoms with van der Waals surface area (Å²) in [5, 5.41) is 5.17. The zero-order valence-corrected chi connectivity index (χ0v) is 33.1. The molecule has 4 heterocycles. The Labute approximate surface area is 355 Å². The maximum Gasteiger partial charge on any atom is 0.164 e. The molecule has 0 saturated carbocycles. The maximum absolute atomic E-state index is 6.92. The number of fused-ring (bicyclic) bond motifs is 16. The molecule has 0 bridgehead atoms. The largest absolute Gasteiger partial charge is 0.457 e. The van der Waals surface area contributed by atoms with Gasteiger partial charge in [0.2, 0.25) is 0 Å². The third-order valence-electron chi connectivity index (χ3n) is 13.2. The number of aromatic nitrogens is 2. The lowest BCUT2D eigenvalue weighted by atomic mass is 9.66. The average molecular weight is 793 g/mol. The average Bonchev–Trinajstić information content (AvgIpc) is 4.00. The van der Waals surface area contributed by atoms with Crippen LogP contribution >= 0.6 is 0 Å². The third-order valence-corrected chi connectivity index (χ3v) is 13.2. The summed E-state index contributed by atoms with van der Waals surface area (Å²) < 4.78 is 20.0. The fraction of sp³-hybridized carbons (Fsp3) is 0.0175. The van der Waals surface area contributed by atoms with Gasteiger partial charge in [0.05, 0.1) is 22.2 Å². The van der Waals surface area contributed by atoms with Crippen LogP contribution < -0.4 is 4.74 Å². The van der Waals surface area contributed by atoms with Crippen LogP contribution in [0.5, 0.6) is 11.5 Å². The fourth-order valence-electron chi connectivity index (χ4n) is 10.6. The van der Waals surface area contributed by atoms with Gasteiger partial charge in [0, 0.05) is 49.2 Å². The van der Waals surface area contributed by atoms with Gasteiger partial charge in [-0.05, 0) is 76.3 Å². The van der Waals surface area contributed by atoms with Crippen molar-refractivity contribution in [2.24, 2.45) is 0 Å². The molecule has 0 fully saturated rings. The minimum Gasteiger partial charge on any atom is -0.457 e. The Morgan fingerprint density at radius 3 is 1.76 bits per heavy atom. The van der Waals surface area contributed by atoms with Crippen molar-refractivity contribution in [3.63, 3.8) is 0 Å². The number of furan rings is 2. The van der Waals surface area contributed by atoms with Gasteiger partial charge in [-0.15, -0.1) is 0 Å². The minimum atomic E-state index is -0.556. The predicted molar refractivity (Wildman–Crippen MR) is 248 cm³/mol. The van der Waals surface area contributed by atoms with Gasteiger partial charge < -0.3 is 13.6 Å². The first-order valence-electron chi connectivity index (χ1n) is 21.0. The molecule has 0 atom stereocenters. The van der Waals surface area contributed by atoms with Crippen molar-refractivity contribution in [3.05, 3.63) is 216 Å². The summed E-state index contributed by atoms with van der Waals surface area (Å²) in [4.78, 5) is 10.4. The molecule has 0 radical (unpaired) electrons. The molecule has 0 saturated heterocycles. The van der Waals surface area contributed by atoms with Crippen LogP contribution in [0.2, 0.25) is 0 Å². The lowest BCUT2D eigenvalue weighted by Crippen LogP contribution is -2.32. The molecule has 14 rings (SSSR count). The van der Waals surface area contributed by atoms with Gasteiger partial charge in [-0.1, -0.05) is 146 Å². The van der Waals surface area contributed by atoms with E-state index in [4.69, 9.17) is 23.5 Å². The molecule has 3 aromatic heterocycles. The molecule has 2 aliphatic rings. The normalized spacial score (nSPS) is 13.4. The highest BCUT2D eigenvalue weighted by Gasteiger charge is 2.51. The van der Waals surface area contributed by atoms with Crippen LogP contribution in [0.1, 0.15) is 22.3 Å². The highest BCUT2D eigenvalue weighted by molar-refractivity contribution is 6.13. The van der Waals surface area contributed by atoms with E-state index in [1.54, 1.807) is 0 Å². The van der Waals surface area contributed by atoms with E-state index in [9.17, 15) is 0 Å². The number of ether oxygens (including phenoxy) is 1. The number of rotatable bonds is 3. The van der Waals surface area contributed by atoms with E-state index in [1.807, 2.05) is 36.4 Å². The zero-order valence-electron chi connectivity index (χ0n) is 33.1. The molecule has 1 aliphatic heterocycles.